The molecule has 0 aliphatic carbocycles. The van der Waals surface area contributed by atoms with Crippen molar-refractivity contribution in [1.29, 1.82) is 0 Å². The molecule has 1 fully saturated rings. The number of nitrogens with zero attached hydrogens (tertiary/aromatic N) is 1. The summed E-state index contributed by atoms with van der Waals surface area (Å²) in [6.45, 7) is 2.86. The Morgan fingerprint density at radius 1 is 1.28 bits per heavy atom. The third kappa shape index (κ3) is 3.68. The third-order valence-electron chi connectivity index (χ3n) is 2.58. The van der Waals surface area contributed by atoms with Gasteiger partial charge in [0.1, 0.15) is 0 Å². The lowest BCUT2D eigenvalue weighted by Gasteiger charge is -2.26. The second-order valence-electron chi connectivity index (χ2n) is 3.88. The van der Waals surface area contributed by atoms with Crippen LogP contribution in [-0.2, 0) is 4.74 Å². The van der Waals surface area contributed by atoms with Gasteiger partial charge in [-0.15, -0.1) is 0 Å². The van der Waals surface area contributed by atoms with Crippen molar-refractivity contribution in [2.24, 2.45) is 0 Å². The normalized spacial score (nSPS) is 15.0. The lowest BCUT2D eigenvalue weighted by atomic mass is 10.3. The van der Waals surface area contributed by atoms with Crippen molar-refractivity contribution in [2.75, 3.05) is 31.5 Å². The molecule has 0 radical (unpaired) electrons. The van der Waals surface area contributed by atoms with Gasteiger partial charge in [0.2, 0.25) is 0 Å². The first kappa shape index (κ1) is 12.8. The van der Waals surface area contributed by atoms with E-state index in [1.54, 1.807) is 4.90 Å². The van der Waals surface area contributed by atoms with Crippen LogP contribution < -0.4 is 10.6 Å². The van der Waals surface area contributed by atoms with Gasteiger partial charge < -0.3 is 20.3 Å². The summed E-state index contributed by atoms with van der Waals surface area (Å²) in [6.07, 6.45) is -0.398. The van der Waals surface area contributed by atoms with Crippen molar-refractivity contribution in [3.8, 4) is 0 Å². The molecule has 1 aromatic rings. The van der Waals surface area contributed by atoms with Crippen molar-refractivity contribution >= 4 is 29.2 Å². The number of carbonyl (C=O) groups is 1. The standard InChI is InChI=1S/C12H15N3O2S/c16-12(15-8-6-13-7-9-15)17-11(18)14-10-4-2-1-3-5-10/h1-5,13H,6-9H2,(H,14,18). The van der Waals surface area contributed by atoms with Gasteiger partial charge in [0.05, 0.1) is 0 Å². The Bertz CT molecular complexity index is 419. The Morgan fingerprint density at radius 3 is 2.61 bits per heavy atom. The topological polar surface area (TPSA) is 53.6 Å². The smallest absolute Gasteiger partial charge is 0.382 e. The van der Waals surface area contributed by atoms with Crippen LogP contribution in [0, 0.1) is 0 Å². The highest BCUT2D eigenvalue weighted by Crippen LogP contribution is 2.06. The van der Waals surface area contributed by atoms with E-state index in [0.29, 0.717) is 13.1 Å². The Balaban J connectivity index is 1.82. The highest BCUT2D eigenvalue weighted by Gasteiger charge is 2.18. The monoisotopic (exact) mass is 265 g/mol. The number of nitrogens with one attached hydrogen (secondary N) is 2. The molecule has 5 nitrogen and oxygen atoms in total. The minimum atomic E-state index is -0.398. The number of hydrogen-bond acceptors (Lipinski definition) is 4. The molecule has 1 heterocycles. The summed E-state index contributed by atoms with van der Waals surface area (Å²) in [7, 11) is 0. The molecule has 96 valence electrons. The summed E-state index contributed by atoms with van der Waals surface area (Å²) in [5, 5.41) is 6.10. The number of anilines is 1. The molecular weight excluding hydrogens is 250 g/mol. The van der Waals surface area contributed by atoms with Crippen LogP contribution in [0.1, 0.15) is 0 Å². The Kier molecular flexibility index (Phi) is 4.49. The minimum absolute atomic E-state index is 0.0738. The molecule has 0 aromatic heterocycles. The molecule has 1 saturated heterocycles. The molecule has 1 aliphatic heterocycles. The molecule has 0 saturated carbocycles. The highest BCUT2D eigenvalue weighted by molar-refractivity contribution is 7.80. The van der Waals surface area contributed by atoms with E-state index in [9.17, 15) is 4.79 Å². The maximum atomic E-state index is 11.7. The quantitative estimate of drug-likeness (QED) is 0.752. The van der Waals surface area contributed by atoms with Gasteiger partial charge in [0.25, 0.3) is 5.17 Å². The maximum Gasteiger partial charge on any atom is 0.417 e. The fourth-order valence-corrected chi connectivity index (χ4v) is 1.85. The zero-order valence-corrected chi connectivity index (χ0v) is 10.7. The van der Waals surface area contributed by atoms with Crippen molar-refractivity contribution in [3.63, 3.8) is 0 Å². The van der Waals surface area contributed by atoms with Crippen LogP contribution in [0.2, 0.25) is 0 Å². The largest absolute Gasteiger partial charge is 0.417 e. The zero-order chi connectivity index (χ0) is 12.8. The predicted molar refractivity (Wildman–Crippen MR) is 73.6 cm³/mol. The van der Waals surface area contributed by atoms with Crippen molar-refractivity contribution in [3.05, 3.63) is 30.3 Å². The van der Waals surface area contributed by atoms with Crippen LogP contribution >= 0.6 is 12.2 Å². The molecule has 2 N–H and O–H groups in total. The third-order valence-corrected chi connectivity index (χ3v) is 2.76. The van der Waals surface area contributed by atoms with Gasteiger partial charge in [-0.1, -0.05) is 18.2 Å². The fourth-order valence-electron chi connectivity index (χ4n) is 1.66. The molecule has 1 aliphatic rings. The number of amides is 1. The average Bonchev–Trinajstić information content (AvgIpc) is 2.40. The first-order valence-electron chi connectivity index (χ1n) is 5.79. The Labute approximate surface area is 111 Å². The molecule has 2 rings (SSSR count). The lowest BCUT2D eigenvalue weighted by Crippen LogP contribution is -2.47. The number of benzene rings is 1. The number of carbonyl (C=O) groups excluding carboxylic acids is 1. The molecule has 0 unspecified atom stereocenters. The number of thiocarbonyl (C=S) groups is 1. The molecule has 6 heteroatoms. The minimum Gasteiger partial charge on any atom is -0.382 e. The first-order chi connectivity index (χ1) is 8.75. The van der Waals surface area contributed by atoms with E-state index in [2.05, 4.69) is 10.6 Å². The van der Waals surface area contributed by atoms with Crippen molar-refractivity contribution < 1.29 is 9.53 Å². The second kappa shape index (κ2) is 6.32. The molecule has 1 amide bonds. The van der Waals surface area contributed by atoms with E-state index in [1.165, 1.54) is 0 Å². The van der Waals surface area contributed by atoms with E-state index in [0.717, 1.165) is 18.8 Å². The highest BCUT2D eigenvalue weighted by atomic mass is 32.1. The summed E-state index contributed by atoms with van der Waals surface area (Å²) in [5.74, 6) is 0. The molecular formula is C12H15N3O2S. The number of ether oxygens (including phenoxy) is 1. The second-order valence-corrected chi connectivity index (χ2v) is 4.25. The van der Waals surface area contributed by atoms with Gasteiger partial charge in [-0.05, 0) is 24.4 Å². The summed E-state index contributed by atoms with van der Waals surface area (Å²) in [5.41, 5.74) is 0.801. The van der Waals surface area contributed by atoms with E-state index < -0.39 is 6.09 Å². The first-order valence-corrected chi connectivity index (χ1v) is 6.20. The van der Waals surface area contributed by atoms with Gasteiger partial charge in [0.15, 0.2) is 0 Å². The van der Waals surface area contributed by atoms with Gasteiger partial charge in [0, 0.05) is 31.9 Å². The summed E-state index contributed by atoms with van der Waals surface area (Å²) in [4.78, 5) is 13.4. The van der Waals surface area contributed by atoms with Gasteiger partial charge in [-0.2, -0.15) is 0 Å². The lowest BCUT2D eigenvalue weighted by molar-refractivity contribution is 0.143. The van der Waals surface area contributed by atoms with Crippen LogP contribution in [0.5, 0.6) is 0 Å². The molecule has 0 spiro atoms. The van der Waals surface area contributed by atoms with E-state index in [-0.39, 0.29) is 5.17 Å². The van der Waals surface area contributed by atoms with Gasteiger partial charge >= 0.3 is 6.09 Å². The SMILES string of the molecule is O=C(OC(=S)Nc1ccccc1)N1CCNCC1. The Morgan fingerprint density at radius 2 is 1.94 bits per heavy atom. The van der Waals surface area contributed by atoms with Crippen LogP contribution in [0.4, 0.5) is 10.5 Å². The average molecular weight is 265 g/mol. The van der Waals surface area contributed by atoms with Crippen LogP contribution in [-0.4, -0.2) is 42.3 Å². The Hall–Kier alpha value is -1.66. The predicted octanol–water partition coefficient (Wildman–Crippen LogP) is 1.43. The number of piperazine rings is 1. The zero-order valence-electron chi connectivity index (χ0n) is 9.89. The van der Waals surface area contributed by atoms with E-state index in [4.69, 9.17) is 17.0 Å². The summed E-state index contributed by atoms with van der Waals surface area (Å²) in [6, 6.07) is 9.36. The van der Waals surface area contributed by atoms with E-state index in [1.807, 2.05) is 30.3 Å². The van der Waals surface area contributed by atoms with Crippen molar-refractivity contribution in [2.45, 2.75) is 0 Å². The van der Waals surface area contributed by atoms with Crippen molar-refractivity contribution in [1.82, 2.24) is 10.2 Å². The number of rotatable bonds is 1. The summed E-state index contributed by atoms with van der Waals surface area (Å²) < 4.78 is 5.07. The summed E-state index contributed by atoms with van der Waals surface area (Å²) >= 11 is 4.99. The number of hydrogen-bond donors (Lipinski definition) is 2. The maximum absolute atomic E-state index is 11.7. The van der Waals surface area contributed by atoms with Crippen LogP contribution in [0.25, 0.3) is 0 Å². The molecule has 1 aromatic carbocycles. The van der Waals surface area contributed by atoms with Crippen LogP contribution in [0.3, 0.4) is 0 Å². The van der Waals surface area contributed by atoms with Gasteiger partial charge in [-0.3, -0.25) is 0 Å². The van der Waals surface area contributed by atoms with Crippen LogP contribution in [0.15, 0.2) is 30.3 Å². The molecule has 0 atom stereocenters. The van der Waals surface area contributed by atoms with E-state index >= 15 is 0 Å². The fraction of sp³-hybridized carbons (Fsp3) is 0.333. The van der Waals surface area contributed by atoms with Gasteiger partial charge in [-0.25, -0.2) is 4.79 Å². The molecule has 18 heavy (non-hydrogen) atoms. The number of para-hydroxylation sites is 1. The molecule has 0 bridgehead atoms.